The summed E-state index contributed by atoms with van der Waals surface area (Å²) in [6.45, 7) is 3.28. The van der Waals surface area contributed by atoms with Crippen LogP contribution in [0.3, 0.4) is 0 Å². The first-order chi connectivity index (χ1) is 11.0. The van der Waals surface area contributed by atoms with Crippen molar-refractivity contribution < 1.29 is 14.7 Å². The summed E-state index contributed by atoms with van der Waals surface area (Å²) in [5, 5.41) is 9.51. The molecule has 1 amide bonds. The average Bonchev–Trinajstić information content (AvgIpc) is 2.93. The number of hydrogen-bond donors (Lipinski definition) is 1. The van der Waals surface area contributed by atoms with Crippen LogP contribution in [0.1, 0.15) is 34.5 Å². The Kier molecular flexibility index (Phi) is 4.26. The molecule has 1 aliphatic rings. The number of carbonyl (C=O) groups is 2. The molecular formula is C17H17BrN2O3. The van der Waals surface area contributed by atoms with Gasteiger partial charge in [-0.25, -0.2) is 0 Å². The van der Waals surface area contributed by atoms with Crippen LogP contribution in [-0.4, -0.2) is 33.0 Å². The average molecular weight is 377 g/mol. The Labute approximate surface area is 142 Å². The minimum Gasteiger partial charge on any atom is -0.481 e. The third kappa shape index (κ3) is 2.91. The second-order valence-electron chi connectivity index (χ2n) is 5.60. The number of halogens is 1. The lowest BCUT2D eigenvalue weighted by Crippen LogP contribution is -2.41. The van der Waals surface area contributed by atoms with Gasteiger partial charge in [0.15, 0.2) is 0 Å². The summed E-state index contributed by atoms with van der Waals surface area (Å²) < 4.78 is 2.71. The molecule has 2 aromatic rings. The van der Waals surface area contributed by atoms with Crippen LogP contribution in [0.5, 0.6) is 0 Å². The molecule has 0 saturated heterocycles. The fourth-order valence-electron chi connectivity index (χ4n) is 3.05. The maximum Gasteiger partial charge on any atom is 0.312 e. The number of amides is 1. The monoisotopic (exact) mass is 376 g/mol. The van der Waals surface area contributed by atoms with E-state index in [1.54, 1.807) is 11.0 Å². The third-order valence-corrected chi connectivity index (χ3v) is 4.64. The first-order valence-electron chi connectivity index (χ1n) is 7.46. The topological polar surface area (TPSA) is 62.5 Å². The molecule has 1 N–H and O–H groups in total. The summed E-state index contributed by atoms with van der Waals surface area (Å²) in [6, 6.07) is 9.21. The van der Waals surface area contributed by atoms with Gasteiger partial charge in [-0.3, -0.25) is 9.59 Å². The molecule has 0 aliphatic carbocycles. The molecule has 3 rings (SSSR count). The van der Waals surface area contributed by atoms with Crippen molar-refractivity contribution in [3.05, 3.63) is 57.8 Å². The molecule has 1 aromatic heterocycles. The van der Waals surface area contributed by atoms with Gasteiger partial charge in [0.25, 0.3) is 5.91 Å². The van der Waals surface area contributed by atoms with Gasteiger partial charge in [0.05, 0.1) is 5.92 Å². The quantitative estimate of drug-likeness (QED) is 0.894. The van der Waals surface area contributed by atoms with Gasteiger partial charge in [0.2, 0.25) is 0 Å². The summed E-state index contributed by atoms with van der Waals surface area (Å²) >= 11 is 3.39. The lowest BCUT2D eigenvalue weighted by Gasteiger charge is -2.33. The Hall–Kier alpha value is -2.08. The van der Waals surface area contributed by atoms with Crippen LogP contribution in [0.15, 0.2) is 41.0 Å². The maximum absolute atomic E-state index is 12.9. The van der Waals surface area contributed by atoms with E-state index in [0.29, 0.717) is 18.8 Å². The van der Waals surface area contributed by atoms with Crippen LogP contribution >= 0.6 is 15.9 Å². The number of carboxylic acid groups (broad SMARTS) is 1. The Bertz CT molecular complexity index is 769. The predicted octanol–water partition coefficient (Wildman–Crippen LogP) is 3.09. The number of aliphatic carboxylic acids is 1. The number of benzene rings is 1. The summed E-state index contributed by atoms with van der Waals surface area (Å²) in [7, 11) is 0. The molecule has 1 atom stereocenters. The Balaban J connectivity index is 1.95. The number of aryl methyl sites for hydroxylation is 1. The smallest absolute Gasteiger partial charge is 0.312 e. The molecule has 5 nitrogen and oxygen atoms in total. The molecular weight excluding hydrogens is 360 g/mol. The van der Waals surface area contributed by atoms with E-state index < -0.39 is 11.9 Å². The lowest BCUT2D eigenvalue weighted by molar-refractivity contribution is -0.139. The van der Waals surface area contributed by atoms with Crippen molar-refractivity contribution in [2.75, 3.05) is 6.54 Å². The molecule has 120 valence electrons. The molecule has 1 unspecified atom stereocenters. The summed E-state index contributed by atoms with van der Waals surface area (Å²) in [6.07, 6.45) is 1.86. The second kappa shape index (κ2) is 6.20. The summed E-state index contributed by atoms with van der Waals surface area (Å²) in [4.78, 5) is 26.1. The van der Waals surface area contributed by atoms with E-state index in [2.05, 4.69) is 15.9 Å². The van der Waals surface area contributed by atoms with Crippen LogP contribution < -0.4 is 0 Å². The number of rotatable bonds is 3. The van der Waals surface area contributed by atoms with Crippen LogP contribution in [0, 0.1) is 0 Å². The highest BCUT2D eigenvalue weighted by atomic mass is 79.9. The van der Waals surface area contributed by atoms with Gasteiger partial charge in [-0.2, -0.15) is 0 Å². The van der Waals surface area contributed by atoms with Crippen LogP contribution in [0.4, 0.5) is 0 Å². The van der Waals surface area contributed by atoms with E-state index in [1.165, 1.54) is 0 Å². The minimum atomic E-state index is -0.901. The van der Waals surface area contributed by atoms with Gasteiger partial charge in [-0.1, -0.05) is 24.3 Å². The van der Waals surface area contributed by atoms with E-state index in [9.17, 15) is 14.7 Å². The van der Waals surface area contributed by atoms with Gasteiger partial charge in [0, 0.05) is 30.3 Å². The summed E-state index contributed by atoms with van der Waals surface area (Å²) in [5.41, 5.74) is 2.27. The van der Waals surface area contributed by atoms with Crippen molar-refractivity contribution in [3.8, 4) is 0 Å². The SMILES string of the molecule is CCn1cc(Br)cc1C(=O)N1Cc2ccccc2C(C(=O)O)C1. The van der Waals surface area contributed by atoms with Crippen molar-refractivity contribution in [1.82, 2.24) is 9.47 Å². The highest BCUT2D eigenvalue weighted by Crippen LogP contribution is 2.30. The van der Waals surface area contributed by atoms with E-state index >= 15 is 0 Å². The zero-order chi connectivity index (χ0) is 16.6. The first-order valence-corrected chi connectivity index (χ1v) is 8.26. The fraction of sp³-hybridized carbons (Fsp3) is 0.294. The molecule has 2 heterocycles. The van der Waals surface area contributed by atoms with Gasteiger partial charge in [-0.05, 0) is 40.0 Å². The van der Waals surface area contributed by atoms with E-state index in [4.69, 9.17) is 0 Å². The van der Waals surface area contributed by atoms with E-state index in [1.807, 2.05) is 42.0 Å². The maximum atomic E-state index is 12.9. The van der Waals surface area contributed by atoms with Gasteiger partial charge < -0.3 is 14.6 Å². The van der Waals surface area contributed by atoms with Crippen molar-refractivity contribution in [2.24, 2.45) is 0 Å². The highest BCUT2D eigenvalue weighted by Gasteiger charge is 2.33. The van der Waals surface area contributed by atoms with Gasteiger partial charge in [0.1, 0.15) is 5.69 Å². The van der Waals surface area contributed by atoms with Crippen LogP contribution in [0.2, 0.25) is 0 Å². The van der Waals surface area contributed by atoms with Crippen molar-refractivity contribution in [1.29, 1.82) is 0 Å². The van der Waals surface area contributed by atoms with Crippen molar-refractivity contribution in [2.45, 2.75) is 25.9 Å². The zero-order valence-electron chi connectivity index (χ0n) is 12.7. The number of carboxylic acids is 1. The molecule has 1 aromatic carbocycles. The second-order valence-corrected chi connectivity index (χ2v) is 6.52. The molecule has 0 bridgehead atoms. The molecule has 0 saturated carbocycles. The van der Waals surface area contributed by atoms with Crippen LogP contribution in [-0.2, 0) is 17.9 Å². The van der Waals surface area contributed by atoms with Gasteiger partial charge >= 0.3 is 5.97 Å². The number of hydrogen-bond acceptors (Lipinski definition) is 2. The number of aromatic nitrogens is 1. The molecule has 0 fully saturated rings. The molecule has 0 radical (unpaired) electrons. The van der Waals surface area contributed by atoms with E-state index in [-0.39, 0.29) is 12.5 Å². The summed E-state index contributed by atoms with van der Waals surface area (Å²) in [5.74, 6) is -1.72. The van der Waals surface area contributed by atoms with Crippen molar-refractivity contribution in [3.63, 3.8) is 0 Å². The molecule has 1 aliphatic heterocycles. The van der Waals surface area contributed by atoms with Crippen LogP contribution in [0.25, 0.3) is 0 Å². The molecule has 6 heteroatoms. The number of carbonyl (C=O) groups excluding carboxylic acids is 1. The number of nitrogens with zero attached hydrogens (tertiary/aromatic N) is 2. The molecule has 0 spiro atoms. The largest absolute Gasteiger partial charge is 0.481 e. The Morgan fingerprint density at radius 1 is 1.35 bits per heavy atom. The predicted molar refractivity (Wildman–Crippen MR) is 89.4 cm³/mol. The highest BCUT2D eigenvalue weighted by molar-refractivity contribution is 9.10. The Morgan fingerprint density at radius 3 is 2.78 bits per heavy atom. The normalized spacial score (nSPS) is 17.0. The third-order valence-electron chi connectivity index (χ3n) is 4.20. The number of fused-ring (bicyclic) bond motifs is 1. The zero-order valence-corrected chi connectivity index (χ0v) is 14.3. The van der Waals surface area contributed by atoms with Crippen molar-refractivity contribution >= 4 is 27.8 Å². The first kappa shape index (κ1) is 15.8. The Morgan fingerprint density at radius 2 is 2.09 bits per heavy atom. The standard InChI is InChI=1S/C17H17BrN2O3/c1-2-19-9-12(18)7-15(19)16(21)20-8-11-5-3-4-6-13(11)14(10-20)17(22)23/h3-7,9,14H,2,8,10H2,1H3,(H,22,23). The lowest BCUT2D eigenvalue weighted by atomic mass is 9.89. The fourth-order valence-corrected chi connectivity index (χ4v) is 3.51. The minimum absolute atomic E-state index is 0.140. The molecule has 23 heavy (non-hydrogen) atoms. The van der Waals surface area contributed by atoms with E-state index in [0.717, 1.165) is 15.6 Å². The van der Waals surface area contributed by atoms with Gasteiger partial charge in [-0.15, -0.1) is 0 Å².